The van der Waals surface area contributed by atoms with Gasteiger partial charge in [0.1, 0.15) is 17.4 Å². The molecule has 1 fully saturated rings. The van der Waals surface area contributed by atoms with Gasteiger partial charge in [-0.25, -0.2) is 23.9 Å². The van der Waals surface area contributed by atoms with Crippen molar-refractivity contribution in [2.24, 2.45) is 5.92 Å². The number of hydrogen-bond donors (Lipinski definition) is 2. The lowest BCUT2D eigenvalue weighted by Gasteiger charge is -2.34. The van der Waals surface area contributed by atoms with E-state index in [1.165, 1.54) is 12.5 Å². The van der Waals surface area contributed by atoms with Crippen molar-refractivity contribution in [2.45, 2.75) is 37.8 Å². The normalized spacial score (nSPS) is 19.9. The van der Waals surface area contributed by atoms with Crippen molar-refractivity contribution in [2.75, 3.05) is 11.4 Å². The van der Waals surface area contributed by atoms with Crippen LogP contribution < -0.4 is 4.90 Å². The van der Waals surface area contributed by atoms with Crippen molar-refractivity contribution in [1.82, 2.24) is 29.5 Å². The van der Waals surface area contributed by atoms with Gasteiger partial charge in [0.05, 0.1) is 23.8 Å². The van der Waals surface area contributed by atoms with E-state index in [2.05, 4.69) is 25.0 Å². The maximum atomic E-state index is 14.3. The minimum absolute atomic E-state index is 0.302. The maximum Gasteiger partial charge on any atom is 0.226 e. The average molecular weight is 419 g/mol. The van der Waals surface area contributed by atoms with Crippen molar-refractivity contribution in [3.63, 3.8) is 0 Å². The van der Waals surface area contributed by atoms with Gasteiger partial charge >= 0.3 is 0 Å². The van der Waals surface area contributed by atoms with Crippen molar-refractivity contribution < 1.29 is 9.50 Å². The zero-order valence-electron chi connectivity index (χ0n) is 16.8. The number of imidazole rings is 1. The van der Waals surface area contributed by atoms with E-state index in [0.29, 0.717) is 29.6 Å². The van der Waals surface area contributed by atoms with Crippen LogP contribution in [0.2, 0.25) is 0 Å². The molecule has 0 amide bonds. The largest absolute Gasteiger partial charge is 0.388 e. The van der Waals surface area contributed by atoms with Gasteiger partial charge in [0, 0.05) is 42.8 Å². The van der Waals surface area contributed by atoms with Crippen LogP contribution in [-0.4, -0.2) is 41.2 Å². The number of aromatic nitrogens is 6. The molecule has 4 aromatic rings. The summed E-state index contributed by atoms with van der Waals surface area (Å²) in [5.74, 6) is 0.522. The summed E-state index contributed by atoms with van der Waals surface area (Å²) in [6.07, 6.45) is 10.3. The van der Waals surface area contributed by atoms with Crippen LogP contribution in [0.5, 0.6) is 0 Å². The summed E-state index contributed by atoms with van der Waals surface area (Å²) in [5.41, 5.74) is 3.73. The van der Waals surface area contributed by atoms with Gasteiger partial charge in [-0.15, -0.1) is 0 Å². The molecule has 1 saturated carbocycles. The van der Waals surface area contributed by atoms with Gasteiger partial charge in [0.25, 0.3) is 0 Å². The monoisotopic (exact) mass is 419 g/mol. The Morgan fingerprint density at radius 3 is 2.77 bits per heavy atom. The molecule has 0 unspecified atom stereocenters. The average Bonchev–Trinajstić information content (AvgIpc) is 3.39. The molecular weight excluding hydrogens is 397 g/mol. The van der Waals surface area contributed by atoms with Gasteiger partial charge in [-0.2, -0.15) is 5.10 Å². The maximum absolute atomic E-state index is 14.3. The van der Waals surface area contributed by atoms with Crippen LogP contribution in [0.4, 0.5) is 10.3 Å². The molecule has 5 heterocycles. The van der Waals surface area contributed by atoms with Crippen molar-refractivity contribution in [1.29, 1.82) is 0 Å². The van der Waals surface area contributed by atoms with E-state index in [1.807, 2.05) is 4.90 Å². The van der Waals surface area contributed by atoms with E-state index in [1.54, 1.807) is 41.6 Å². The van der Waals surface area contributed by atoms with Gasteiger partial charge in [0.2, 0.25) is 5.95 Å². The van der Waals surface area contributed by atoms with E-state index < -0.39 is 6.10 Å². The smallest absolute Gasteiger partial charge is 0.226 e. The predicted octanol–water partition coefficient (Wildman–Crippen LogP) is 2.97. The van der Waals surface area contributed by atoms with Crippen LogP contribution in [0.1, 0.15) is 54.1 Å². The molecule has 2 aliphatic rings. The lowest BCUT2D eigenvalue weighted by Crippen LogP contribution is -2.37. The first-order valence-electron chi connectivity index (χ1n) is 10.6. The van der Waals surface area contributed by atoms with Gasteiger partial charge in [-0.1, -0.05) is 6.42 Å². The summed E-state index contributed by atoms with van der Waals surface area (Å²) in [6.45, 7) is 0.667. The van der Waals surface area contributed by atoms with Crippen LogP contribution in [0.15, 0.2) is 43.1 Å². The van der Waals surface area contributed by atoms with Crippen LogP contribution in [0, 0.1) is 11.7 Å². The number of nitrogens with one attached hydrogen (secondary N) is 1. The first kappa shape index (κ1) is 18.4. The number of aliphatic hydroxyl groups excluding tert-OH is 1. The highest BCUT2D eigenvalue weighted by atomic mass is 19.1. The van der Waals surface area contributed by atoms with E-state index in [9.17, 15) is 9.50 Å². The third-order valence-corrected chi connectivity index (χ3v) is 6.53. The highest BCUT2D eigenvalue weighted by Crippen LogP contribution is 2.38. The summed E-state index contributed by atoms with van der Waals surface area (Å²) in [4.78, 5) is 18.9. The second kappa shape index (κ2) is 7.12. The van der Waals surface area contributed by atoms with Crippen LogP contribution in [0.25, 0.3) is 5.52 Å². The van der Waals surface area contributed by atoms with Gasteiger partial charge < -0.3 is 15.0 Å². The minimum Gasteiger partial charge on any atom is -0.388 e. The molecule has 0 bridgehead atoms. The molecule has 1 aliphatic heterocycles. The molecule has 0 spiro atoms. The fourth-order valence-electron chi connectivity index (χ4n) is 4.59. The molecule has 6 rings (SSSR count). The second-order valence-corrected chi connectivity index (χ2v) is 8.32. The Balaban J connectivity index is 1.39. The number of H-pyrrole nitrogens is 1. The van der Waals surface area contributed by atoms with Crippen molar-refractivity contribution >= 4 is 11.5 Å². The van der Waals surface area contributed by atoms with Crippen molar-refractivity contribution in [3.8, 4) is 0 Å². The van der Waals surface area contributed by atoms with Crippen LogP contribution in [0.3, 0.4) is 0 Å². The summed E-state index contributed by atoms with van der Waals surface area (Å²) >= 11 is 0. The Morgan fingerprint density at radius 1 is 1.19 bits per heavy atom. The third-order valence-electron chi connectivity index (χ3n) is 6.53. The molecular formula is C22H22FN7O. The Bertz CT molecular complexity index is 1230. The summed E-state index contributed by atoms with van der Waals surface area (Å²) in [5, 5.41) is 15.1. The highest BCUT2D eigenvalue weighted by Gasteiger charge is 2.35. The number of pyridine rings is 1. The predicted molar refractivity (Wildman–Crippen MR) is 111 cm³/mol. The van der Waals surface area contributed by atoms with Gasteiger partial charge in [-0.05, 0) is 37.0 Å². The lowest BCUT2D eigenvalue weighted by atomic mass is 9.79. The van der Waals surface area contributed by atoms with E-state index in [4.69, 9.17) is 0 Å². The zero-order valence-corrected chi connectivity index (χ0v) is 16.8. The van der Waals surface area contributed by atoms with Crippen LogP contribution >= 0.6 is 0 Å². The summed E-state index contributed by atoms with van der Waals surface area (Å²) < 4.78 is 15.8. The molecule has 31 heavy (non-hydrogen) atoms. The fourth-order valence-corrected chi connectivity index (χ4v) is 4.59. The number of rotatable bonds is 4. The number of hydrogen-bond acceptors (Lipinski definition) is 6. The summed E-state index contributed by atoms with van der Waals surface area (Å²) in [6, 6.07) is 4.48. The lowest BCUT2D eigenvalue weighted by molar-refractivity contribution is 0.0615. The molecule has 0 aromatic carbocycles. The first-order valence-corrected chi connectivity index (χ1v) is 10.6. The number of anilines is 1. The Labute approximate surface area is 177 Å². The number of halogens is 1. The quantitative estimate of drug-likeness (QED) is 0.528. The highest BCUT2D eigenvalue weighted by molar-refractivity contribution is 5.53. The molecule has 0 saturated heterocycles. The Kier molecular flexibility index (Phi) is 4.24. The van der Waals surface area contributed by atoms with Crippen molar-refractivity contribution in [3.05, 3.63) is 71.6 Å². The molecule has 2 atom stereocenters. The van der Waals surface area contributed by atoms with E-state index >= 15 is 0 Å². The molecule has 0 radical (unpaired) electrons. The first-order chi connectivity index (χ1) is 15.2. The third kappa shape index (κ3) is 2.99. The van der Waals surface area contributed by atoms with Crippen LogP contribution in [-0.2, 0) is 6.42 Å². The number of aliphatic hydroxyl groups is 1. The Hall–Kier alpha value is -3.33. The molecule has 158 valence electrons. The molecule has 2 N–H and O–H groups in total. The zero-order chi connectivity index (χ0) is 20.9. The molecule has 4 aromatic heterocycles. The molecule has 8 nitrogen and oxygen atoms in total. The van der Waals surface area contributed by atoms with E-state index in [0.717, 1.165) is 36.2 Å². The van der Waals surface area contributed by atoms with Gasteiger partial charge in [0.15, 0.2) is 0 Å². The minimum atomic E-state index is -0.515. The van der Waals surface area contributed by atoms with E-state index in [-0.39, 0.29) is 11.9 Å². The second-order valence-electron chi connectivity index (χ2n) is 8.32. The summed E-state index contributed by atoms with van der Waals surface area (Å²) in [7, 11) is 0. The fraction of sp³-hybridized carbons (Fsp3) is 0.364. The number of fused-ring (bicyclic) bond motifs is 2. The Morgan fingerprint density at radius 2 is 2.03 bits per heavy atom. The molecule has 9 heteroatoms. The standard InChI is InChI=1S/C22H22FN7O/c23-15-5-2-7-30-18(15)9-17(28-30)20-19-16(26-12-27-19)6-8-29(20)22-24-10-14(11-25-22)21(31)13-3-1-4-13/h2,5,7,9-13,20-21,31H,1,3-4,6,8H2,(H,26,27)/t20-,21-/m1/s1. The van der Waals surface area contributed by atoms with Gasteiger partial charge in [-0.3, -0.25) is 0 Å². The SMILES string of the molecule is O[C@@H](c1cnc(N2CCc3[nH]cnc3[C@H]2c2cc3c(F)cccn3n2)nc1)C1CCC1. The number of nitrogens with zero attached hydrogens (tertiary/aromatic N) is 6. The molecule has 1 aliphatic carbocycles. The topological polar surface area (TPSA) is 95.2 Å². The number of aromatic amines is 1.